The van der Waals surface area contributed by atoms with Gasteiger partial charge in [0.2, 0.25) is 0 Å². The Morgan fingerprint density at radius 3 is 2.83 bits per heavy atom. The number of rotatable bonds is 5. The van der Waals surface area contributed by atoms with Gasteiger partial charge in [0.05, 0.1) is 12.0 Å². The van der Waals surface area contributed by atoms with Crippen LogP contribution >= 0.6 is 15.9 Å². The quantitative estimate of drug-likeness (QED) is 0.650. The highest BCUT2D eigenvalue weighted by molar-refractivity contribution is 9.10. The molecule has 0 aliphatic carbocycles. The molecule has 1 aromatic carbocycles. The predicted octanol–water partition coefficient (Wildman–Crippen LogP) is 3.60. The molecule has 2 heterocycles. The van der Waals surface area contributed by atoms with Gasteiger partial charge in [0, 0.05) is 27.5 Å². The Morgan fingerprint density at radius 2 is 2.12 bits per heavy atom. The molecule has 0 saturated carbocycles. The molecule has 0 bridgehead atoms. The normalized spacial score (nSPS) is 10.8. The molecule has 7 heteroatoms. The van der Waals surface area contributed by atoms with Gasteiger partial charge in [0.25, 0.3) is 0 Å². The van der Waals surface area contributed by atoms with Gasteiger partial charge in [-0.1, -0.05) is 33.2 Å². The van der Waals surface area contributed by atoms with Crippen LogP contribution in [-0.2, 0) is 11.2 Å². The number of hydrogen-bond acceptors (Lipinski definition) is 4. The van der Waals surface area contributed by atoms with Gasteiger partial charge in [-0.2, -0.15) is 0 Å². The maximum atomic E-state index is 12.8. The molecular weight excluding hydrogens is 376 g/mol. The van der Waals surface area contributed by atoms with E-state index in [-0.39, 0.29) is 12.2 Å². The monoisotopic (exact) mass is 388 g/mol. The summed E-state index contributed by atoms with van der Waals surface area (Å²) in [5.74, 6) is -0.820. The second kappa shape index (κ2) is 6.45. The maximum Gasteiger partial charge on any atom is 0.309 e. The molecule has 3 rings (SSSR count). The highest BCUT2D eigenvalue weighted by atomic mass is 79.9. The van der Waals surface area contributed by atoms with Crippen molar-refractivity contribution in [2.45, 2.75) is 13.3 Å². The SMILES string of the molecule is Cc1onc(-c2cccc(Br)c2)c1C(=O)c1c[nH]c(CC(=O)O)c1. The van der Waals surface area contributed by atoms with E-state index in [0.717, 1.165) is 10.0 Å². The number of aromatic nitrogens is 2. The lowest BCUT2D eigenvalue weighted by Crippen LogP contribution is -2.03. The van der Waals surface area contributed by atoms with Crippen molar-refractivity contribution in [3.63, 3.8) is 0 Å². The summed E-state index contributed by atoms with van der Waals surface area (Å²) in [7, 11) is 0. The highest BCUT2D eigenvalue weighted by Crippen LogP contribution is 2.29. The molecule has 122 valence electrons. The lowest BCUT2D eigenvalue weighted by Gasteiger charge is -2.01. The summed E-state index contributed by atoms with van der Waals surface area (Å²) in [6.45, 7) is 1.67. The van der Waals surface area contributed by atoms with Gasteiger partial charge < -0.3 is 14.6 Å². The van der Waals surface area contributed by atoms with Gasteiger partial charge in [-0.05, 0) is 25.1 Å². The van der Waals surface area contributed by atoms with E-state index in [9.17, 15) is 9.59 Å². The molecule has 24 heavy (non-hydrogen) atoms. The van der Waals surface area contributed by atoms with Crippen molar-refractivity contribution >= 4 is 27.7 Å². The van der Waals surface area contributed by atoms with Crippen LogP contribution < -0.4 is 0 Å². The topological polar surface area (TPSA) is 96.2 Å². The van der Waals surface area contributed by atoms with Crippen LogP contribution in [0.3, 0.4) is 0 Å². The number of aliphatic carboxylic acids is 1. The molecule has 0 spiro atoms. The Bertz CT molecular complexity index is 926. The minimum absolute atomic E-state index is 0.172. The smallest absolute Gasteiger partial charge is 0.309 e. The number of halogens is 1. The first-order valence-corrected chi connectivity index (χ1v) is 7.91. The minimum Gasteiger partial charge on any atom is -0.481 e. The fraction of sp³-hybridized carbons (Fsp3) is 0.118. The van der Waals surface area contributed by atoms with Crippen molar-refractivity contribution in [1.29, 1.82) is 0 Å². The molecule has 6 nitrogen and oxygen atoms in total. The molecule has 0 atom stereocenters. The average molecular weight is 389 g/mol. The zero-order chi connectivity index (χ0) is 17.3. The predicted molar refractivity (Wildman–Crippen MR) is 89.9 cm³/mol. The van der Waals surface area contributed by atoms with E-state index < -0.39 is 5.97 Å². The van der Waals surface area contributed by atoms with E-state index in [0.29, 0.717) is 28.3 Å². The number of carbonyl (C=O) groups is 2. The van der Waals surface area contributed by atoms with Crippen LogP contribution in [0.25, 0.3) is 11.3 Å². The molecule has 3 aromatic rings. The van der Waals surface area contributed by atoms with E-state index in [2.05, 4.69) is 26.1 Å². The van der Waals surface area contributed by atoms with Gasteiger partial charge in [-0.25, -0.2) is 0 Å². The third-order valence-corrected chi connectivity index (χ3v) is 4.03. The van der Waals surface area contributed by atoms with Crippen molar-refractivity contribution in [3.05, 3.63) is 63.6 Å². The number of aryl methyl sites for hydroxylation is 1. The second-order valence-electron chi connectivity index (χ2n) is 5.29. The number of aromatic amines is 1. The molecule has 0 radical (unpaired) electrons. The van der Waals surface area contributed by atoms with Crippen molar-refractivity contribution in [1.82, 2.24) is 10.1 Å². The van der Waals surface area contributed by atoms with E-state index >= 15 is 0 Å². The molecule has 0 fully saturated rings. The lowest BCUT2D eigenvalue weighted by atomic mass is 9.99. The van der Waals surface area contributed by atoms with Crippen LogP contribution in [0, 0.1) is 6.92 Å². The van der Waals surface area contributed by atoms with Crippen molar-refractivity contribution in [3.8, 4) is 11.3 Å². The van der Waals surface area contributed by atoms with Crippen LogP contribution in [-0.4, -0.2) is 27.0 Å². The number of nitrogens with one attached hydrogen (secondary N) is 1. The molecule has 0 unspecified atom stereocenters. The van der Waals surface area contributed by atoms with Gasteiger partial charge in [-0.15, -0.1) is 0 Å². The summed E-state index contributed by atoms with van der Waals surface area (Å²) in [6, 6.07) is 8.95. The van der Waals surface area contributed by atoms with Gasteiger partial charge >= 0.3 is 5.97 Å². The maximum absolute atomic E-state index is 12.8. The van der Waals surface area contributed by atoms with Crippen molar-refractivity contribution in [2.24, 2.45) is 0 Å². The summed E-state index contributed by atoms with van der Waals surface area (Å²) in [6.07, 6.45) is 1.33. The number of carbonyl (C=O) groups excluding carboxylic acids is 1. The third kappa shape index (κ3) is 3.16. The number of carboxylic acid groups (broad SMARTS) is 1. The largest absolute Gasteiger partial charge is 0.481 e. The zero-order valence-corrected chi connectivity index (χ0v) is 14.3. The lowest BCUT2D eigenvalue weighted by molar-refractivity contribution is -0.136. The minimum atomic E-state index is -0.966. The number of carboxylic acids is 1. The summed E-state index contributed by atoms with van der Waals surface area (Å²) in [5, 5.41) is 12.8. The second-order valence-corrected chi connectivity index (χ2v) is 6.20. The number of H-pyrrole nitrogens is 1. The molecule has 2 aromatic heterocycles. The first-order chi connectivity index (χ1) is 11.5. The number of benzene rings is 1. The molecular formula is C17H13BrN2O4. The number of hydrogen-bond donors (Lipinski definition) is 2. The Kier molecular flexibility index (Phi) is 4.35. The Labute approximate surface area is 145 Å². The summed E-state index contributed by atoms with van der Waals surface area (Å²) < 4.78 is 6.08. The summed E-state index contributed by atoms with van der Waals surface area (Å²) >= 11 is 3.40. The van der Waals surface area contributed by atoms with E-state index in [1.807, 2.05) is 24.3 Å². The number of ketones is 1. The van der Waals surface area contributed by atoms with E-state index in [1.165, 1.54) is 12.3 Å². The van der Waals surface area contributed by atoms with Gasteiger partial charge in [0.1, 0.15) is 11.5 Å². The van der Waals surface area contributed by atoms with Crippen molar-refractivity contribution in [2.75, 3.05) is 0 Å². The average Bonchev–Trinajstić information content (AvgIpc) is 3.13. The fourth-order valence-electron chi connectivity index (χ4n) is 2.45. The van der Waals surface area contributed by atoms with Crippen molar-refractivity contribution < 1.29 is 19.2 Å². The van der Waals surface area contributed by atoms with Crippen LogP contribution in [0.5, 0.6) is 0 Å². The van der Waals surface area contributed by atoms with E-state index in [1.54, 1.807) is 6.92 Å². The van der Waals surface area contributed by atoms with Gasteiger partial charge in [-0.3, -0.25) is 9.59 Å². The molecule has 2 N–H and O–H groups in total. The Balaban J connectivity index is 2.00. The number of nitrogens with zero attached hydrogens (tertiary/aromatic N) is 1. The summed E-state index contributed by atoms with van der Waals surface area (Å²) in [5.41, 5.74) is 2.41. The van der Waals surface area contributed by atoms with Gasteiger partial charge in [0.15, 0.2) is 5.78 Å². The summed E-state index contributed by atoms with van der Waals surface area (Å²) in [4.78, 5) is 26.4. The van der Waals surface area contributed by atoms with Crippen LogP contribution in [0.15, 0.2) is 45.5 Å². The molecule has 0 aliphatic rings. The first-order valence-electron chi connectivity index (χ1n) is 7.11. The van der Waals surface area contributed by atoms with Crippen LogP contribution in [0.1, 0.15) is 27.4 Å². The first kappa shape index (κ1) is 16.2. The standard InChI is InChI=1S/C17H13BrN2O4/c1-9-15(16(20-24-9)10-3-2-4-12(18)5-10)17(23)11-6-13(19-8-11)7-14(21)22/h2-6,8,19H,7H2,1H3,(H,21,22). The highest BCUT2D eigenvalue weighted by Gasteiger charge is 2.23. The molecule has 0 saturated heterocycles. The zero-order valence-electron chi connectivity index (χ0n) is 12.7. The van der Waals surface area contributed by atoms with Crippen LogP contribution in [0.4, 0.5) is 0 Å². The van der Waals surface area contributed by atoms with E-state index in [4.69, 9.17) is 9.63 Å². The third-order valence-electron chi connectivity index (χ3n) is 3.53. The molecule has 0 aliphatic heterocycles. The fourth-order valence-corrected chi connectivity index (χ4v) is 2.85. The van der Waals surface area contributed by atoms with Crippen LogP contribution in [0.2, 0.25) is 0 Å². The molecule has 0 amide bonds. The Morgan fingerprint density at radius 1 is 1.33 bits per heavy atom. The Hall–Kier alpha value is -2.67.